The molecule has 2 heterocycles. The highest BCUT2D eigenvalue weighted by atomic mass is 16.5. The summed E-state index contributed by atoms with van der Waals surface area (Å²) in [6.45, 7) is 14.0. The van der Waals surface area contributed by atoms with Crippen molar-refractivity contribution in [1.29, 1.82) is 0 Å². The first-order valence-corrected chi connectivity index (χ1v) is 16.4. The van der Waals surface area contributed by atoms with Gasteiger partial charge in [0.15, 0.2) is 0 Å². The van der Waals surface area contributed by atoms with Crippen molar-refractivity contribution in [2.45, 2.75) is 47.5 Å². The van der Waals surface area contributed by atoms with Crippen molar-refractivity contribution in [2.24, 2.45) is 0 Å². The molecule has 0 bridgehead atoms. The van der Waals surface area contributed by atoms with Gasteiger partial charge in [-0.15, -0.1) is 0 Å². The Hall–Kier alpha value is -4.28. The highest BCUT2D eigenvalue weighted by Crippen LogP contribution is 2.30. The van der Waals surface area contributed by atoms with Gasteiger partial charge < -0.3 is 29.9 Å². The fourth-order valence-corrected chi connectivity index (χ4v) is 5.08. The van der Waals surface area contributed by atoms with Crippen molar-refractivity contribution in [3.05, 3.63) is 70.5 Å². The topological polar surface area (TPSA) is 109 Å². The van der Waals surface area contributed by atoms with E-state index in [2.05, 4.69) is 90.6 Å². The second kappa shape index (κ2) is 18.2. The van der Waals surface area contributed by atoms with Gasteiger partial charge in [-0.2, -0.15) is 0 Å². The zero-order chi connectivity index (χ0) is 34.5. The lowest BCUT2D eigenvalue weighted by molar-refractivity contribution is 0.0517. The Balaban J connectivity index is 0.000000256. The molecule has 0 fully saturated rings. The average molecular weight is 645 g/mol. The van der Waals surface area contributed by atoms with E-state index in [1.807, 2.05) is 26.0 Å². The standard InChI is InChI=1S/C19H27N3O2.C18H25N3O2/c1-6-24-19(23)16-12-21-17-11-14(3)13(2)10-15(17)18(16)20-8-7-9-22(4)5;1-5-23-18(22)15-12-20-16-8-7-13(2)11-14(16)17(15)19-9-6-10-21(3)4/h10-12H,6-9H2,1-5H3,(H,20,21);7-8,11-12H,5-6,9-10H2,1-4H3,(H,19,20). The van der Waals surface area contributed by atoms with Crippen LogP contribution >= 0.6 is 0 Å². The van der Waals surface area contributed by atoms with Gasteiger partial charge in [-0.05, 0) is 124 Å². The molecule has 0 saturated carbocycles. The number of nitrogens with zero attached hydrogens (tertiary/aromatic N) is 4. The third-order valence-electron chi connectivity index (χ3n) is 7.67. The molecule has 0 aliphatic heterocycles. The average Bonchev–Trinajstić information content (AvgIpc) is 3.02. The molecule has 4 rings (SSSR count). The molecule has 2 aromatic heterocycles. The fraction of sp³-hybridized carbons (Fsp3) is 0.459. The van der Waals surface area contributed by atoms with Crippen molar-refractivity contribution >= 4 is 45.1 Å². The number of aryl methyl sites for hydroxylation is 3. The number of nitrogens with one attached hydrogen (secondary N) is 2. The molecule has 0 aliphatic rings. The smallest absolute Gasteiger partial charge is 0.341 e. The number of ether oxygens (including phenoxy) is 2. The lowest BCUT2D eigenvalue weighted by atomic mass is 10.0. The lowest BCUT2D eigenvalue weighted by Crippen LogP contribution is -2.17. The van der Waals surface area contributed by atoms with Gasteiger partial charge in [-0.3, -0.25) is 9.97 Å². The molecule has 0 saturated heterocycles. The molecule has 0 spiro atoms. The van der Waals surface area contributed by atoms with Crippen molar-refractivity contribution in [3.63, 3.8) is 0 Å². The second-order valence-electron chi connectivity index (χ2n) is 12.2. The van der Waals surface area contributed by atoms with Gasteiger partial charge in [-0.1, -0.05) is 11.6 Å². The molecule has 0 radical (unpaired) electrons. The largest absolute Gasteiger partial charge is 0.462 e. The summed E-state index contributed by atoms with van der Waals surface area (Å²) in [4.78, 5) is 37.7. The minimum atomic E-state index is -0.335. The number of hydrogen-bond donors (Lipinski definition) is 2. The molecule has 2 aromatic carbocycles. The number of carbonyl (C=O) groups excluding carboxylic acids is 2. The molecule has 0 aliphatic carbocycles. The monoisotopic (exact) mass is 644 g/mol. The Morgan fingerprint density at radius 2 is 1.15 bits per heavy atom. The molecular formula is C37H52N6O4. The van der Waals surface area contributed by atoms with Crippen LogP contribution in [0.25, 0.3) is 21.8 Å². The van der Waals surface area contributed by atoms with Crippen molar-refractivity contribution < 1.29 is 19.1 Å². The van der Waals surface area contributed by atoms with Crippen LogP contribution < -0.4 is 10.6 Å². The SMILES string of the molecule is CCOC(=O)c1cnc2cc(C)c(C)cc2c1NCCCN(C)C.CCOC(=O)c1cnc2ccc(C)cc2c1NCCCN(C)C. The summed E-state index contributed by atoms with van der Waals surface area (Å²) < 4.78 is 10.4. The summed E-state index contributed by atoms with van der Waals surface area (Å²) in [7, 11) is 8.21. The summed E-state index contributed by atoms with van der Waals surface area (Å²) in [5, 5.41) is 8.77. The third-order valence-corrected chi connectivity index (χ3v) is 7.67. The van der Waals surface area contributed by atoms with E-state index in [9.17, 15) is 9.59 Å². The summed E-state index contributed by atoms with van der Waals surface area (Å²) in [6, 6.07) is 10.2. The number of fused-ring (bicyclic) bond motifs is 2. The quantitative estimate of drug-likeness (QED) is 0.117. The molecule has 47 heavy (non-hydrogen) atoms. The fourth-order valence-electron chi connectivity index (χ4n) is 5.08. The highest BCUT2D eigenvalue weighted by Gasteiger charge is 2.18. The molecule has 254 valence electrons. The number of rotatable bonds is 14. The van der Waals surface area contributed by atoms with E-state index in [0.29, 0.717) is 24.3 Å². The molecular weight excluding hydrogens is 592 g/mol. The van der Waals surface area contributed by atoms with Gasteiger partial charge in [0.2, 0.25) is 0 Å². The van der Waals surface area contributed by atoms with Crippen molar-refractivity contribution in [1.82, 2.24) is 19.8 Å². The molecule has 10 nitrogen and oxygen atoms in total. The molecule has 0 unspecified atom stereocenters. The summed E-state index contributed by atoms with van der Waals surface area (Å²) >= 11 is 0. The van der Waals surface area contributed by atoms with Crippen molar-refractivity contribution in [2.75, 3.05) is 78.2 Å². The van der Waals surface area contributed by atoms with E-state index in [0.717, 1.165) is 77.8 Å². The summed E-state index contributed by atoms with van der Waals surface area (Å²) in [6.07, 6.45) is 5.20. The van der Waals surface area contributed by atoms with Gasteiger partial charge in [0.1, 0.15) is 11.1 Å². The maximum Gasteiger partial charge on any atom is 0.341 e. The number of aromatic nitrogens is 2. The first-order chi connectivity index (χ1) is 22.5. The van der Waals surface area contributed by atoms with Crippen LogP contribution in [0.15, 0.2) is 42.7 Å². The number of anilines is 2. The van der Waals surface area contributed by atoms with E-state index in [1.165, 1.54) is 11.1 Å². The Kier molecular flexibility index (Phi) is 14.4. The van der Waals surface area contributed by atoms with E-state index >= 15 is 0 Å². The van der Waals surface area contributed by atoms with Crippen LogP contribution in [0.2, 0.25) is 0 Å². The van der Waals surface area contributed by atoms with E-state index < -0.39 is 0 Å². The van der Waals surface area contributed by atoms with Crippen LogP contribution in [0.4, 0.5) is 11.4 Å². The zero-order valence-electron chi connectivity index (χ0n) is 29.6. The molecule has 0 atom stereocenters. The maximum absolute atomic E-state index is 12.3. The highest BCUT2D eigenvalue weighted by molar-refractivity contribution is 6.06. The predicted molar refractivity (Wildman–Crippen MR) is 193 cm³/mol. The van der Waals surface area contributed by atoms with Crippen LogP contribution in [-0.4, -0.2) is 99.3 Å². The van der Waals surface area contributed by atoms with Crippen LogP contribution in [0.3, 0.4) is 0 Å². The van der Waals surface area contributed by atoms with Gasteiger partial charge in [0, 0.05) is 36.3 Å². The third kappa shape index (κ3) is 10.6. The Morgan fingerprint density at radius 3 is 1.64 bits per heavy atom. The number of benzene rings is 2. The van der Waals surface area contributed by atoms with Crippen LogP contribution in [0.5, 0.6) is 0 Å². The minimum absolute atomic E-state index is 0.333. The Morgan fingerprint density at radius 1 is 0.681 bits per heavy atom. The van der Waals surface area contributed by atoms with Crippen LogP contribution in [0, 0.1) is 20.8 Å². The van der Waals surface area contributed by atoms with E-state index in [1.54, 1.807) is 19.3 Å². The van der Waals surface area contributed by atoms with Gasteiger partial charge in [-0.25, -0.2) is 9.59 Å². The van der Waals surface area contributed by atoms with Gasteiger partial charge >= 0.3 is 11.9 Å². The van der Waals surface area contributed by atoms with E-state index in [4.69, 9.17) is 9.47 Å². The Bertz CT molecular complexity index is 1650. The minimum Gasteiger partial charge on any atom is -0.462 e. The van der Waals surface area contributed by atoms with Crippen molar-refractivity contribution in [3.8, 4) is 0 Å². The second-order valence-corrected chi connectivity index (χ2v) is 12.2. The van der Waals surface area contributed by atoms with Crippen LogP contribution in [0.1, 0.15) is 64.1 Å². The van der Waals surface area contributed by atoms with Crippen LogP contribution in [-0.2, 0) is 9.47 Å². The number of esters is 2. The molecule has 2 N–H and O–H groups in total. The molecule has 10 heteroatoms. The van der Waals surface area contributed by atoms with Gasteiger partial charge in [0.25, 0.3) is 0 Å². The predicted octanol–water partition coefficient (Wildman–Crippen LogP) is 6.48. The normalized spacial score (nSPS) is 11.0. The zero-order valence-corrected chi connectivity index (χ0v) is 29.6. The Labute approximate surface area is 279 Å². The molecule has 0 amide bonds. The molecule has 4 aromatic rings. The summed E-state index contributed by atoms with van der Waals surface area (Å²) in [5.41, 5.74) is 7.90. The summed E-state index contributed by atoms with van der Waals surface area (Å²) in [5.74, 6) is -0.668. The number of hydrogen-bond acceptors (Lipinski definition) is 10. The first-order valence-electron chi connectivity index (χ1n) is 16.4. The maximum atomic E-state index is 12.3. The van der Waals surface area contributed by atoms with Gasteiger partial charge in [0.05, 0.1) is 35.6 Å². The first kappa shape index (κ1) is 37.2. The number of pyridine rings is 2. The number of carbonyl (C=O) groups is 2. The lowest BCUT2D eigenvalue weighted by Gasteiger charge is -2.16. The van der Waals surface area contributed by atoms with E-state index in [-0.39, 0.29) is 11.9 Å².